The fourth-order valence-electron chi connectivity index (χ4n) is 4.38. The highest BCUT2D eigenvalue weighted by Crippen LogP contribution is 2.37. The number of benzene rings is 3. The van der Waals surface area contributed by atoms with Crippen LogP contribution in [0.3, 0.4) is 0 Å². The van der Waals surface area contributed by atoms with Crippen LogP contribution in [0.4, 0.5) is 4.39 Å². The van der Waals surface area contributed by atoms with Crippen LogP contribution in [-0.2, 0) is 16.8 Å². The van der Waals surface area contributed by atoms with Crippen LogP contribution in [0, 0.1) is 11.7 Å². The molecule has 3 aromatic rings. The average molecular weight is 489 g/mol. The molecule has 0 radical (unpaired) electrons. The molecular weight excluding hydrogens is 451 g/mol. The van der Waals surface area contributed by atoms with Crippen molar-refractivity contribution in [2.45, 2.75) is 59.5 Å². The number of methoxy groups -OCH3 is 1. The standard InChI is InChI=1S/C32H37FO3/c1-8-9-27(21(2)22(3)34)24-11-13-25(14-12-24)36-20-23-10-16-30(32(4,5)6)28(18-23)29-19-26(35-7)15-17-31(29)33/h8-19,21,27H,20H2,1-7H3/b9-8-/t21-,27-/m1/s1. The molecule has 0 saturated heterocycles. The summed E-state index contributed by atoms with van der Waals surface area (Å²) in [6, 6.07) is 18.8. The molecule has 0 aliphatic rings. The first-order valence-electron chi connectivity index (χ1n) is 12.4. The molecule has 0 unspecified atom stereocenters. The quantitative estimate of drug-likeness (QED) is 0.284. The van der Waals surface area contributed by atoms with Gasteiger partial charge >= 0.3 is 0 Å². The van der Waals surface area contributed by atoms with Gasteiger partial charge in [0.1, 0.15) is 29.7 Å². The Morgan fingerprint density at radius 2 is 1.64 bits per heavy atom. The van der Waals surface area contributed by atoms with Crippen LogP contribution in [0.25, 0.3) is 11.1 Å². The average Bonchev–Trinajstić information content (AvgIpc) is 2.85. The summed E-state index contributed by atoms with van der Waals surface area (Å²) in [7, 11) is 1.58. The van der Waals surface area contributed by atoms with Crippen molar-refractivity contribution in [2.24, 2.45) is 5.92 Å². The SMILES string of the molecule is C/C=C\[C@@H](c1ccc(OCc2ccc(C(C)(C)C)c(-c3cc(OC)ccc3F)c2)cc1)[C@H](C)C(C)=O. The molecule has 0 aliphatic carbocycles. The highest BCUT2D eigenvalue weighted by Gasteiger charge is 2.22. The summed E-state index contributed by atoms with van der Waals surface area (Å²) in [5, 5.41) is 0. The summed E-state index contributed by atoms with van der Waals surface area (Å²) in [6.07, 6.45) is 4.05. The third kappa shape index (κ3) is 6.42. The predicted octanol–water partition coefficient (Wildman–Crippen LogP) is 8.26. The Morgan fingerprint density at radius 1 is 0.972 bits per heavy atom. The zero-order valence-electron chi connectivity index (χ0n) is 22.4. The number of ketones is 1. The van der Waals surface area contributed by atoms with E-state index < -0.39 is 0 Å². The number of ether oxygens (including phenoxy) is 2. The van der Waals surface area contributed by atoms with Crippen molar-refractivity contribution in [3.8, 4) is 22.6 Å². The molecule has 36 heavy (non-hydrogen) atoms. The van der Waals surface area contributed by atoms with Gasteiger partial charge in [0.05, 0.1) is 7.11 Å². The summed E-state index contributed by atoms with van der Waals surface area (Å²) in [4.78, 5) is 11.9. The molecular formula is C32H37FO3. The van der Waals surface area contributed by atoms with Gasteiger partial charge in [0.25, 0.3) is 0 Å². The second-order valence-electron chi connectivity index (χ2n) is 10.3. The van der Waals surface area contributed by atoms with Gasteiger partial charge in [0.2, 0.25) is 0 Å². The maximum Gasteiger partial charge on any atom is 0.133 e. The Bertz CT molecular complexity index is 1220. The molecule has 0 amide bonds. The number of halogens is 1. The van der Waals surface area contributed by atoms with Gasteiger partial charge in [-0.05, 0) is 77.9 Å². The predicted molar refractivity (Wildman–Crippen MR) is 145 cm³/mol. The van der Waals surface area contributed by atoms with E-state index in [9.17, 15) is 9.18 Å². The normalized spacial score (nSPS) is 13.4. The second-order valence-corrected chi connectivity index (χ2v) is 10.3. The van der Waals surface area contributed by atoms with Crippen LogP contribution in [-0.4, -0.2) is 12.9 Å². The number of hydrogen-bond donors (Lipinski definition) is 0. The van der Waals surface area contributed by atoms with E-state index >= 15 is 0 Å². The van der Waals surface area contributed by atoms with Crippen molar-refractivity contribution >= 4 is 5.78 Å². The van der Waals surface area contributed by atoms with Crippen molar-refractivity contribution in [1.82, 2.24) is 0 Å². The molecule has 0 bridgehead atoms. The molecule has 2 atom stereocenters. The van der Waals surface area contributed by atoms with Crippen molar-refractivity contribution < 1.29 is 18.7 Å². The van der Waals surface area contributed by atoms with Gasteiger partial charge in [-0.15, -0.1) is 0 Å². The van der Waals surface area contributed by atoms with Crippen molar-refractivity contribution in [3.63, 3.8) is 0 Å². The van der Waals surface area contributed by atoms with E-state index in [4.69, 9.17) is 9.47 Å². The van der Waals surface area contributed by atoms with E-state index in [1.165, 1.54) is 6.07 Å². The molecule has 0 heterocycles. The maximum absolute atomic E-state index is 14.9. The van der Waals surface area contributed by atoms with Crippen LogP contribution in [0.5, 0.6) is 11.5 Å². The summed E-state index contributed by atoms with van der Waals surface area (Å²) in [6.45, 7) is 12.3. The minimum absolute atomic E-state index is 0.0341. The van der Waals surface area contributed by atoms with Crippen LogP contribution in [0.15, 0.2) is 72.8 Å². The Morgan fingerprint density at radius 3 is 2.22 bits per heavy atom. The highest BCUT2D eigenvalue weighted by molar-refractivity contribution is 5.79. The van der Waals surface area contributed by atoms with Crippen molar-refractivity contribution in [2.75, 3.05) is 7.11 Å². The number of allylic oxidation sites excluding steroid dienone is 2. The lowest BCUT2D eigenvalue weighted by Crippen LogP contribution is -2.15. The van der Waals surface area contributed by atoms with Gasteiger partial charge in [-0.3, -0.25) is 4.79 Å². The molecule has 4 heteroatoms. The Balaban J connectivity index is 1.86. The van der Waals surface area contributed by atoms with E-state index in [1.54, 1.807) is 26.2 Å². The molecule has 3 nitrogen and oxygen atoms in total. The second kappa shape index (κ2) is 11.6. The summed E-state index contributed by atoms with van der Waals surface area (Å²) in [5.41, 5.74) is 4.26. The molecule has 0 saturated carbocycles. The van der Waals surface area contributed by atoms with E-state index in [-0.39, 0.29) is 28.9 Å². The zero-order valence-corrected chi connectivity index (χ0v) is 22.4. The van der Waals surface area contributed by atoms with Crippen LogP contribution in [0.1, 0.15) is 64.2 Å². The van der Waals surface area contributed by atoms with Crippen LogP contribution < -0.4 is 9.47 Å². The number of hydrogen-bond acceptors (Lipinski definition) is 3. The molecule has 3 aromatic carbocycles. The third-order valence-electron chi connectivity index (χ3n) is 6.61. The van der Waals surface area contributed by atoms with Gasteiger partial charge in [-0.2, -0.15) is 0 Å². The van der Waals surface area contributed by atoms with E-state index in [1.807, 2.05) is 56.3 Å². The first-order valence-corrected chi connectivity index (χ1v) is 12.4. The minimum atomic E-state index is -0.287. The van der Waals surface area contributed by atoms with Crippen LogP contribution in [0.2, 0.25) is 0 Å². The molecule has 3 rings (SSSR count). The first-order chi connectivity index (χ1) is 17.0. The molecule has 0 N–H and O–H groups in total. The van der Waals surface area contributed by atoms with E-state index in [0.29, 0.717) is 17.9 Å². The Labute approximate surface area is 215 Å². The molecule has 0 aromatic heterocycles. The minimum Gasteiger partial charge on any atom is -0.497 e. The van der Waals surface area contributed by atoms with Gasteiger partial charge in [-0.25, -0.2) is 4.39 Å². The Hall–Kier alpha value is -3.40. The van der Waals surface area contributed by atoms with Gasteiger partial charge in [-0.1, -0.05) is 64.1 Å². The number of rotatable bonds is 9. The smallest absolute Gasteiger partial charge is 0.133 e. The lowest BCUT2D eigenvalue weighted by Gasteiger charge is -2.24. The monoisotopic (exact) mass is 488 g/mol. The van der Waals surface area contributed by atoms with E-state index in [0.717, 1.165) is 28.0 Å². The maximum atomic E-state index is 14.9. The number of Topliss-reactive ketones (excluding diaryl/α,β-unsaturated/α-hetero) is 1. The number of carbonyl (C=O) groups is 1. The molecule has 0 aliphatic heterocycles. The topological polar surface area (TPSA) is 35.5 Å². The van der Waals surface area contributed by atoms with Crippen molar-refractivity contribution in [1.29, 1.82) is 0 Å². The van der Waals surface area contributed by atoms with Gasteiger partial charge in [0.15, 0.2) is 0 Å². The van der Waals surface area contributed by atoms with E-state index in [2.05, 4.69) is 32.9 Å². The summed E-state index contributed by atoms with van der Waals surface area (Å²) in [5.74, 6) is 1.17. The van der Waals surface area contributed by atoms with Crippen LogP contribution >= 0.6 is 0 Å². The molecule has 0 spiro atoms. The molecule has 0 fully saturated rings. The van der Waals surface area contributed by atoms with Gasteiger partial charge in [0, 0.05) is 17.4 Å². The fraction of sp³-hybridized carbons (Fsp3) is 0.344. The molecule has 190 valence electrons. The third-order valence-corrected chi connectivity index (χ3v) is 6.61. The summed E-state index contributed by atoms with van der Waals surface area (Å²) < 4.78 is 26.3. The Kier molecular flexibility index (Phi) is 8.73. The largest absolute Gasteiger partial charge is 0.497 e. The summed E-state index contributed by atoms with van der Waals surface area (Å²) >= 11 is 0. The van der Waals surface area contributed by atoms with Gasteiger partial charge < -0.3 is 9.47 Å². The first kappa shape index (κ1) is 27.2. The lowest BCUT2D eigenvalue weighted by molar-refractivity contribution is -0.120. The fourth-order valence-corrected chi connectivity index (χ4v) is 4.38. The number of carbonyl (C=O) groups excluding carboxylic acids is 1. The van der Waals surface area contributed by atoms with Crippen molar-refractivity contribution in [3.05, 3.63) is 95.3 Å². The zero-order chi connectivity index (χ0) is 26.5. The highest BCUT2D eigenvalue weighted by atomic mass is 19.1. The lowest BCUT2D eigenvalue weighted by atomic mass is 9.81.